The Balaban J connectivity index is 1.79. The Labute approximate surface area is 158 Å². The SMILES string of the molecule is CCc1ccc(OCCCC(=O)Nc2cccc(C(F)(F)F)c2)c(Br)c1. The van der Waals surface area contributed by atoms with Gasteiger partial charge in [0.1, 0.15) is 5.75 Å². The number of aryl methyl sites for hydroxylation is 1. The third-order valence-corrected chi connectivity index (χ3v) is 4.30. The third-order valence-electron chi connectivity index (χ3n) is 3.68. The van der Waals surface area contributed by atoms with Crippen LogP contribution in [0.4, 0.5) is 18.9 Å². The van der Waals surface area contributed by atoms with Crippen molar-refractivity contribution >= 4 is 27.5 Å². The summed E-state index contributed by atoms with van der Waals surface area (Å²) in [5.41, 5.74) is 0.521. The molecule has 1 amide bonds. The smallest absolute Gasteiger partial charge is 0.416 e. The van der Waals surface area contributed by atoms with Gasteiger partial charge in [0.25, 0.3) is 0 Å². The lowest BCUT2D eigenvalue weighted by atomic mass is 10.2. The van der Waals surface area contributed by atoms with E-state index in [4.69, 9.17) is 4.74 Å². The summed E-state index contributed by atoms with van der Waals surface area (Å²) in [5.74, 6) is 0.341. The summed E-state index contributed by atoms with van der Waals surface area (Å²) in [4.78, 5) is 11.9. The molecule has 0 aliphatic carbocycles. The van der Waals surface area contributed by atoms with Crippen LogP contribution in [0.1, 0.15) is 30.9 Å². The number of hydrogen-bond donors (Lipinski definition) is 1. The molecule has 0 atom stereocenters. The molecule has 7 heteroatoms. The fourth-order valence-electron chi connectivity index (χ4n) is 2.29. The molecule has 0 saturated heterocycles. The van der Waals surface area contributed by atoms with Crippen molar-refractivity contribution in [3.8, 4) is 5.75 Å². The molecule has 0 saturated carbocycles. The van der Waals surface area contributed by atoms with Gasteiger partial charge in [-0.05, 0) is 64.7 Å². The van der Waals surface area contributed by atoms with Gasteiger partial charge < -0.3 is 10.1 Å². The number of hydrogen-bond acceptors (Lipinski definition) is 2. The molecule has 0 spiro atoms. The summed E-state index contributed by atoms with van der Waals surface area (Å²) >= 11 is 3.44. The molecule has 0 fully saturated rings. The van der Waals surface area contributed by atoms with Crippen molar-refractivity contribution < 1.29 is 22.7 Å². The predicted molar refractivity (Wildman–Crippen MR) is 98.3 cm³/mol. The van der Waals surface area contributed by atoms with Crippen molar-refractivity contribution in [1.29, 1.82) is 0 Å². The highest BCUT2D eigenvalue weighted by molar-refractivity contribution is 9.10. The molecule has 0 aliphatic rings. The van der Waals surface area contributed by atoms with E-state index in [0.29, 0.717) is 18.8 Å². The maximum absolute atomic E-state index is 12.7. The zero-order valence-corrected chi connectivity index (χ0v) is 15.8. The molecule has 0 aliphatic heterocycles. The first kappa shape index (κ1) is 20.3. The highest BCUT2D eigenvalue weighted by Gasteiger charge is 2.30. The molecule has 0 aromatic heterocycles. The molecule has 0 radical (unpaired) electrons. The molecule has 0 unspecified atom stereocenters. The van der Waals surface area contributed by atoms with E-state index in [0.717, 1.165) is 23.0 Å². The van der Waals surface area contributed by atoms with Gasteiger partial charge in [0.15, 0.2) is 0 Å². The van der Waals surface area contributed by atoms with Crippen LogP contribution in [0, 0.1) is 0 Å². The summed E-state index contributed by atoms with van der Waals surface area (Å²) in [7, 11) is 0. The highest BCUT2D eigenvalue weighted by Crippen LogP contribution is 2.30. The number of anilines is 1. The van der Waals surface area contributed by atoms with Gasteiger partial charge in [-0.15, -0.1) is 0 Å². The Morgan fingerprint density at radius 1 is 1.19 bits per heavy atom. The van der Waals surface area contributed by atoms with Crippen molar-refractivity contribution in [2.24, 2.45) is 0 Å². The van der Waals surface area contributed by atoms with Gasteiger partial charge in [0.2, 0.25) is 5.91 Å². The first-order chi connectivity index (χ1) is 12.3. The molecule has 2 aromatic carbocycles. The van der Waals surface area contributed by atoms with E-state index in [-0.39, 0.29) is 18.0 Å². The summed E-state index contributed by atoms with van der Waals surface area (Å²) in [5, 5.41) is 2.48. The molecule has 26 heavy (non-hydrogen) atoms. The number of carbonyl (C=O) groups excluding carboxylic acids is 1. The number of nitrogens with one attached hydrogen (secondary N) is 1. The zero-order chi connectivity index (χ0) is 19.2. The summed E-state index contributed by atoms with van der Waals surface area (Å²) in [6, 6.07) is 10.4. The Morgan fingerprint density at radius 2 is 1.96 bits per heavy atom. The van der Waals surface area contributed by atoms with Gasteiger partial charge >= 0.3 is 6.18 Å². The quantitative estimate of drug-likeness (QED) is 0.562. The standard InChI is InChI=1S/C19H19BrF3NO2/c1-2-13-8-9-17(16(20)11-13)26-10-4-7-18(25)24-15-6-3-5-14(12-15)19(21,22)23/h3,5-6,8-9,11-12H,2,4,7,10H2,1H3,(H,24,25). The predicted octanol–water partition coefficient (Wildman–Crippen LogP) is 5.83. The second-order valence-corrected chi connectivity index (χ2v) is 6.55. The van der Waals surface area contributed by atoms with Crippen LogP contribution >= 0.6 is 15.9 Å². The molecule has 1 N–H and O–H groups in total. The van der Waals surface area contributed by atoms with Gasteiger partial charge in [-0.2, -0.15) is 13.2 Å². The first-order valence-electron chi connectivity index (χ1n) is 8.18. The van der Waals surface area contributed by atoms with Gasteiger partial charge in [0, 0.05) is 12.1 Å². The number of alkyl halides is 3. The molecule has 2 aromatic rings. The number of ether oxygens (including phenoxy) is 1. The Hall–Kier alpha value is -2.02. The molecule has 140 valence electrons. The monoisotopic (exact) mass is 429 g/mol. The average molecular weight is 430 g/mol. The number of benzene rings is 2. The summed E-state index contributed by atoms with van der Waals surface area (Å²) in [6.45, 7) is 2.39. The molecule has 2 rings (SSSR count). The Bertz CT molecular complexity index is 763. The number of carbonyl (C=O) groups is 1. The second-order valence-electron chi connectivity index (χ2n) is 5.70. The Morgan fingerprint density at radius 3 is 2.62 bits per heavy atom. The maximum atomic E-state index is 12.7. The zero-order valence-electron chi connectivity index (χ0n) is 14.2. The normalized spacial score (nSPS) is 11.3. The van der Waals surface area contributed by atoms with E-state index < -0.39 is 11.7 Å². The van der Waals surface area contributed by atoms with Gasteiger partial charge in [0.05, 0.1) is 16.6 Å². The minimum absolute atomic E-state index is 0.128. The van der Waals surface area contributed by atoms with E-state index >= 15 is 0 Å². The first-order valence-corrected chi connectivity index (χ1v) is 8.97. The van der Waals surface area contributed by atoms with E-state index in [1.165, 1.54) is 17.7 Å². The molecule has 3 nitrogen and oxygen atoms in total. The van der Waals surface area contributed by atoms with Crippen molar-refractivity contribution in [3.63, 3.8) is 0 Å². The van der Waals surface area contributed by atoms with Gasteiger partial charge in [-0.3, -0.25) is 4.79 Å². The van der Waals surface area contributed by atoms with Gasteiger partial charge in [-0.25, -0.2) is 0 Å². The number of amides is 1. The van der Waals surface area contributed by atoms with E-state index in [1.54, 1.807) is 0 Å². The lowest BCUT2D eigenvalue weighted by Crippen LogP contribution is -2.14. The summed E-state index contributed by atoms with van der Waals surface area (Å²) < 4.78 is 44.5. The van der Waals surface area contributed by atoms with E-state index in [9.17, 15) is 18.0 Å². The van der Waals surface area contributed by atoms with Crippen molar-refractivity contribution in [3.05, 3.63) is 58.1 Å². The minimum Gasteiger partial charge on any atom is -0.492 e. The van der Waals surface area contributed by atoms with E-state index in [2.05, 4.69) is 28.2 Å². The van der Waals surface area contributed by atoms with Crippen LogP contribution < -0.4 is 10.1 Å². The lowest BCUT2D eigenvalue weighted by molar-refractivity contribution is -0.137. The van der Waals surface area contributed by atoms with Crippen LogP contribution in [0.15, 0.2) is 46.9 Å². The molecular formula is C19H19BrF3NO2. The average Bonchev–Trinajstić information content (AvgIpc) is 2.59. The minimum atomic E-state index is -4.44. The number of halogens is 4. The fourth-order valence-corrected chi connectivity index (χ4v) is 2.83. The van der Waals surface area contributed by atoms with Crippen molar-refractivity contribution in [2.75, 3.05) is 11.9 Å². The molecule has 0 heterocycles. The largest absolute Gasteiger partial charge is 0.492 e. The topological polar surface area (TPSA) is 38.3 Å². The van der Waals surface area contributed by atoms with Crippen molar-refractivity contribution in [1.82, 2.24) is 0 Å². The van der Waals surface area contributed by atoms with Crippen LogP contribution in [-0.2, 0) is 17.4 Å². The fraction of sp³-hybridized carbons (Fsp3) is 0.316. The van der Waals surface area contributed by atoms with Crippen LogP contribution in [-0.4, -0.2) is 12.5 Å². The second kappa shape index (κ2) is 9.07. The summed E-state index contributed by atoms with van der Waals surface area (Å²) in [6.07, 6.45) is -2.91. The van der Waals surface area contributed by atoms with E-state index in [1.807, 2.05) is 18.2 Å². The number of rotatable bonds is 7. The molecule has 0 bridgehead atoms. The highest BCUT2D eigenvalue weighted by atomic mass is 79.9. The maximum Gasteiger partial charge on any atom is 0.416 e. The van der Waals surface area contributed by atoms with Gasteiger partial charge in [-0.1, -0.05) is 19.1 Å². The van der Waals surface area contributed by atoms with Crippen LogP contribution in [0.5, 0.6) is 5.75 Å². The molecular weight excluding hydrogens is 411 g/mol. The van der Waals surface area contributed by atoms with Crippen LogP contribution in [0.2, 0.25) is 0 Å². The van der Waals surface area contributed by atoms with Crippen molar-refractivity contribution in [2.45, 2.75) is 32.4 Å². The lowest BCUT2D eigenvalue weighted by Gasteiger charge is -2.11. The van der Waals surface area contributed by atoms with Crippen LogP contribution in [0.3, 0.4) is 0 Å². The third kappa shape index (κ3) is 6.05. The van der Waals surface area contributed by atoms with Crippen LogP contribution in [0.25, 0.3) is 0 Å². The Kier molecular flexibility index (Phi) is 7.08.